The maximum Gasteiger partial charge on any atom is 0.323 e. The van der Waals surface area contributed by atoms with Gasteiger partial charge < -0.3 is 25.3 Å². The zero-order valence-electron chi connectivity index (χ0n) is 21.7. The van der Waals surface area contributed by atoms with E-state index in [4.69, 9.17) is 23.2 Å². The summed E-state index contributed by atoms with van der Waals surface area (Å²) in [6, 6.07) is 14.9. The first-order chi connectivity index (χ1) is 18.1. The molecule has 0 atom stereocenters. The van der Waals surface area contributed by atoms with E-state index in [0.717, 1.165) is 31.6 Å². The van der Waals surface area contributed by atoms with Gasteiger partial charge in [0, 0.05) is 66.6 Å². The molecule has 3 amide bonds. The maximum atomic E-state index is 13.0. The average molecular weight is 583 g/mol. The minimum Gasteiger partial charge on any atom is -0.369 e. The summed E-state index contributed by atoms with van der Waals surface area (Å²) in [4.78, 5) is 32.2. The fourth-order valence-electron chi connectivity index (χ4n) is 5.22. The Balaban J connectivity index is 0.00000400. The number of amides is 3. The third-order valence-corrected chi connectivity index (χ3v) is 7.59. The minimum absolute atomic E-state index is 0. The molecule has 0 aromatic heterocycles. The standard InChI is InChI=1S/C28H37Cl2N5O2.ClH/c29-14-20-34(21-15-30)25-10-8-24(9-11-25)32-28(37)31-23-6-4-22(5-7-23)27(36)35-18-12-26(13-19-35)33-16-2-1-3-17-33;/h4-11,26H,1-3,12-21H2,(H2,31,32,37);1H. The second kappa shape index (κ2) is 15.4. The van der Waals surface area contributed by atoms with Gasteiger partial charge in [-0.25, -0.2) is 4.79 Å². The highest BCUT2D eigenvalue weighted by Gasteiger charge is 2.28. The number of urea groups is 1. The van der Waals surface area contributed by atoms with Crippen molar-refractivity contribution < 1.29 is 9.59 Å². The van der Waals surface area contributed by atoms with Gasteiger partial charge in [0.25, 0.3) is 5.91 Å². The van der Waals surface area contributed by atoms with Crippen molar-refractivity contribution in [1.29, 1.82) is 0 Å². The summed E-state index contributed by atoms with van der Waals surface area (Å²) in [6.45, 7) is 5.42. The molecule has 38 heavy (non-hydrogen) atoms. The number of alkyl halides is 2. The van der Waals surface area contributed by atoms with Crippen LogP contribution >= 0.6 is 35.6 Å². The van der Waals surface area contributed by atoms with Crippen molar-refractivity contribution in [2.24, 2.45) is 0 Å². The van der Waals surface area contributed by atoms with Crippen molar-refractivity contribution in [3.8, 4) is 0 Å². The first kappa shape index (κ1) is 30.4. The first-order valence-corrected chi connectivity index (χ1v) is 14.3. The first-order valence-electron chi connectivity index (χ1n) is 13.3. The van der Waals surface area contributed by atoms with Crippen molar-refractivity contribution in [3.63, 3.8) is 0 Å². The molecule has 0 unspecified atom stereocenters. The van der Waals surface area contributed by atoms with Crippen LogP contribution in [0.25, 0.3) is 0 Å². The summed E-state index contributed by atoms with van der Waals surface area (Å²) >= 11 is 11.8. The highest BCUT2D eigenvalue weighted by molar-refractivity contribution is 6.18. The number of carbonyl (C=O) groups excluding carboxylic acids is 2. The van der Waals surface area contributed by atoms with E-state index in [1.807, 2.05) is 29.2 Å². The van der Waals surface area contributed by atoms with Crippen LogP contribution in [-0.2, 0) is 0 Å². The molecule has 0 bridgehead atoms. The van der Waals surface area contributed by atoms with Crippen LogP contribution in [0.2, 0.25) is 0 Å². The van der Waals surface area contributed by atoms with E-state index in [-0.39, 0.29) is 24.3 Å². The average Bonchev–Trinajstić information content (AvgIpc) is 2.94. The van der Waals surface area contributed by atoms with Crippen LogP contribution in [0.5, 0.6) is 0 Å². The predicted octanol–water partition coefficient (Wildman–Crippen LogP) is 6.13. The lowest BCUT2D eigenvalue weighted by Crippen LogP contribution is -2.48. The molecule has 208 valence electrons. The van der Waals surface area contributed by atoms with E-state index in [0.29, 0.717) is 47.8 Å². The molecule has 0 spiro atoms. The Morgan fingerprint density at radius 2 is 1.32 bits per heavy atom. The summed E-state index contributed by atoms with van der Waals surface area (Å²) < 4.78 is 0. The lowest BCUT2D eigenvalue weighted by molar-refractivity contribution is 0.0590. The zero-order valence-corrected chi connectivity index (χ0v) is 24.0. The largest absolute Gasteiger partial charge is 0.369 e. The van der Waals surface area contributed by atoms with Crippen LogP contribution in [0.4, 0.5) is 21.9 Å². The summed E-state index contributed by atoms with van der Waals surface area (Å²) in [6.07, 6.45) is 6.03. The number of carbonyl (C=O) groups is 2. The molecule has 0 aliphatic carbocycles. The van der Waals surface area contributed by atoms with Crippen molar-refractivity contribution in [1.82, 2.24) is 9.80 Å². The Morgan fingerprint density at radius 1 is 0.789 bits per heavy atom. The Hall–Kier alpha value is -2.19. The van der Waals surface area contributed by atoms with Crippen LogP contribution in [0.15, 0.2) is 48.5 Å². The molecule has 2 aromatic rings. The zero-order chi connectivity index (χ0) is 26.0. The number of rotatable bonds is 9. The third kappa shape index (κ3) is 8.40. The third-order valence-electron chi connectivity index (χ3n) is 7.25. The molecule has 4 rings (SSSR count). The topological polar surface area (TPSA) is 67.9 Å². The number of hydrogen-bond acceptors (Lipinski definition) is 4. The number of anilines is 3. The molecular formula is C28H38Cl3N5O2. The van der Waals surface area contributed by atoms with Crippen LogP contribution in [0, 0.1) is 0 Å². The molecule has 0 saturated carbocycles. The van der Waals surface area contributed by atoms with Gasteiger partial charge in [0.15, 0.2) is 0 Å². The Labute approximate surface area is 242 Å². The van der Waals surface area contributed by atoms with Gasteiger partial charge in [0.2, 0.25) is 0 Å². The van der Waals surface area contributed by atoms with Crippen LogP contribution in [0.1, 0.15) is 42.5 Å². The molecular weight excluding hydrogens is 545 g/mol. The van der Waals surface area contributed by atoms with E-state index in [2.05, 4.69) is 20.4 Å². The Bertz CT molecular complexity index is 1000. The minimum atomic E-state index is -0.343. The van der Waals surface area contributed by atoms with E-state index >= 15 is 0 Å². The van der Waals surface area contributed by atoms with Crippen LogP contribution < -0.4 is 15.5 Å². The number of halogens is 3. The smallest absolute Gasteiger partial charge is 0.323 e. The van der Waals surface area contributed by atoms with Crippen molar-refractivity contribution in [3.05, 3.63) is 54.1 Å². The molecule has 2 aromatic carbocycles. The fraction of sp³-hybridized carbons (Fsp3) is 0.500. The quantitative estimate of drug-likeness (QED) is 0.349. The number of piperidine rings is 2. The highest BCUT2D eigenvalue weighted by Crippen LogP contribution is 2.23. The van der Waals surface area contributed by atoms with Crippen LogP contribution in [-0.4, -0.2) is 78.8 Å². The SMILES string of the molecule is Cl.O=C(Nc1ccc(C(=O)N2CCC(N3CCCCC3)CC2)cc1)Nc1ccc(N(CCCl)CCCl)cc1. The lowest BCUT2D eigenvalue weighted by Gasteiger charge is -2.40. The second-order valence-electron chi connectivity index (χ2n) is 9.69. The fourth-order valence-corrected chi connectivity index (χ4v) is 5.63. The molecule has 10 heteroatoms. The van der Waals surface area contributed by atoms with Crippen LogP contribution in [0.3, 0.4) is 0 Å². The molecule has 2 aliphatic rings. The van der Waals surface area contributed by atoms with Gasteiger partial charge in [0.05, 0.1) is 0 Å². The van der Waals surface area contributed by atoms with E-state index < -0.39 is 0 Å². The van der Waals surface area contributed by atoms with Gasteiger partial charge in [0.1, 0.15) is 0 Å². The summed E-state index contributed by atoms with van der Waals surface area (Å²) in [5, 5.41) is 5.67. The highest BCUT2D eigenvalue weighted by atomic mass is 35.5. The predicted molar refractivity (Wildman–Crippen MR) is 161 cm³/mol. The number of nitrogens with one attached hydrogen (secondary N) is 2. The Morgan fingerprint density at radius 3 is 1.84 bits per heavy atom. The van der Waals surface area contributed by atoms with Gasteiger partial charge in [-0.3, -0.25) is 4.79 Å². The van der Waals surface area contributed by atoms with E-state index in [1.165, 1.54) is 32.4 Å². The molecule has 2 fully saturated rings. The summed E-state index contributed by atoms with van der Waals surface area (Å²) in [5.74, 6) is 1.09. The lowest BCUT2D eigenvalue weighted by atomic mass is 9.99. The second-order valence-corrected chi connectivity index (χ2v) is 10.4. The molecule has 2 heterocycles. The van der Waals surface area contributed by atoms with Gasteiger partial charge in [-0.15, -0.1) is 35.6 Å². The normalized spacial score (nSPS) is 16.4. The van der Waals surface area contributed by atoms with Gasteiger partial charge in [-0.05, 0) is 87.3 Å². The monoisotopic (exact) mass is 581 g/mol. The van der Waals surface area contributed by atoms with Gasteiger partial charge in [-0.1, -0.05) is 6.42 Å². The van der Waals surface area contributed by atoms with Crippen molar-refractivity contribution in [2.75, 3.05) is 66.6 Å². The van der Waals surface area contributed by atoms with Crippen molar-refractivity contribution in [2.45, 2.75) is 38.1 Å². The number of benzene rings is 2. The van der Waals surface area contributed by atoms with Gasteiger partial charge in [-0.2, -0.15) is 0 Å². The maximum absolute atomic E-state index is 13.0. The summed E-state index contributed by atoms with van der Waals surface area (Å²) in [7, 11) is 0. The molecule has 0 radical (unpaired) electrons. The number of likely N-dealkylation sites (tertiary alicyclic amines) is 2. The van der Waals surface area contributed by atoms with E-state index in [9.17, 15) is 9.59 Å². The summed E-state index contributed by atoms with van der Waals surface area (Å²) in [5.41, 5.74) is 2.96. The molecule has 2 saturated heterocycles. The number of nitrogens with zero attached hydrogens (tertiary/aromatic N) is 3. The molecule has 7 nitrogen and oxygen atoms in total. The molecule has 2 aliphatic heterocycles. The van der Waals surface area contributed by atoms with E-state index in [1.54, 1.807) is 24.3 Å². The number of hydrogen-bond donors (Lipinski definition) is 2. The van der Waals surface area contributed by atoms with Crippen molar-refractivity contribution >= 4 is 64.6 Å². The Kier molecular flexibility index (Phi) is 12.3. The molecule has 2 N–H and O–H groups in total. The van der Waals surface area contributed by atoms with Gasteiger partial charge >= 0.3 is 6.03 Å².